The molecule has 0 fully saturated rings. The molecule has 0 aromatic heterocycles. The lowest BCUT2D eigenvalue weighted by atomic mass is 10.0. The zero-order valence-corrected chi connectivity index (χ0v) is 17.0. The molecule has 0 heterocycles. The molecule has 170 valence electrons. The predicted molar refractivity (Wildman–Crippen MR) is 103 cm³/mol. The first-order chi connectivity index (χ1) is 13.8. The number of carbonyl (C=O) groups excluding carboxylic acids is 4. The van der Waals surface area contributed by atoms with E-state index in [2.05, 4.69) is 10.6 Å². The number of carboxylic acids is 2. The topological polar surface area (TPSA) is 231 Å². The predicted octanol–water partition coefficient (Wildman–Crippen LogP) is -2.73. The summed E-state index contributed by atoms with van der Waals surface area (Å²) in [5.41, 5.74) is 10.5. The van der Waals surface area contributed by atoms with Gasteiger partial charge in [0.1, 0.15) is 18.1 Å². The third-order valence-corrected chi connectivity index (χ3v) is 3.97. The standard InChI is InChI=1S/C17H29N5O8/c1-7(2)13(22-14(26)8(3)18)16(28)20-9(4-5-11(19)23)15(27)21-10(17(29)30)6-12(24)25/h7-10,13H,4-6,18H2,1-3H3,(H2,19,23)(H,20,28)(H,21,27)(H,22,26)(H,24,25)(H,29,30). The monoisotopic (exact) mass is 431 g/mol. The molecule has 4 amide bonds. The third-order valence-electron chi connectivity index (χ3n) is 3.97. The Morgan fingerprint density at radius 3 is 1.77 bits per heavy atom. The van der Waals surface area contributed by atoms with Crippen molar-refractivity contribution in [3.63, 3.8) is 0 Å². The quantitative estimate of drug-likeness (QED) is 0.160. The summed E-state index contributed by atoms with van der Waals surface area (Å²) in [4.78, 5) is 70.0. The van der Waals surface area contributed by atoms with E-state index < -0.39 is 72.1 Å². The van der Waals surface area contributed by atoms with Gasteiger partial charge in [0, 0.05) is 6.42 Å². The van der Waals surface area contributed by atoms with E-state index in [1.807, 2.05) is 5.32 Å². The maximum Gasteiger partial charge on any atom is 0.326 e. The van der Waals surface area contributed by atoms with Gasteiger partial charge in [0.05, 0.1) is 12.5 Å². The van der Waals surface area contributed by atoms with Crippen molar-refractivity contribution in [3.05, 3.63) is 0 Å². The second kappa shape index (κ2) is 12.4. The van der Waals surface area contributed by atoms with Crippen LogP contribution in [0.4, 0.5) is 0 Å². The minimum atomic E-state index is -1.75. The van der Waals surface area contributed by atoms with Crippen LogP contribution < -0.4 is 27.4 Å². The van der Waals surface area contributed by atoms with Crippen molar-refractivity contribution < 1.29 is 39.0 Å². The van der Waals surface area contributed by atoms with E-state index in [9.17, 15) is 28.8 Å². The van der Waals surface area contributed by atoms with E-state index >= 15 is 0 Å². The molecule has 30 heavy (non-hydrogen) atoms. The molecule has 13 nitrogen and oxygen atoms in total. The van der Waals surface area contributed by atoms with Gasteiger partial charge in [-0.1, -0.05) is 13.8 Å². The van der Waals surface area contributed by atoms with Gasteiger partial charge in [-0.2, -0.15) is 0 Å². The molecule has 0 spiro atoms. The number of primary amides is 1. The van der Waals surface area contributed by atoms with Crippen molar-refractivity contribution in [2.75, 3.05) is 0 Å². The van der Waals surface area contributed by atoms with Gasteiger partial charge in [0.15, 0.2) is 0 Å². The molecule has 13 heteroatoms. The Kier molecular flexibility index (Phi) is 11.0. The van der Waals surface area contributed by atoms with Crippen LogP contribution in [0.1, 0.15) is 40.0 Å². The number of carboxylic acid groups (broad SMARTS) is 2. The van der Waals surface area contributed by atoms with Crippen LogP contribution in [0.3, 0.4) is 0 Å². The van der Waals surface area contributed by atoms with Crippen LogP contribution in [0.2, 0.25) is 0 Å². The summed E-state index contributed by atoms with van der Waals surface area (Å²) in [6, 6.07) is -5.10. The molecule has 0 aliphatic carbocycles. The minimum Gasteiger partial charge on any atom is -0.481 e. The van der Waals surface area contributed by atoms with E-state index in [1.165, 1.54) is 6.92 Å². The summed E-state index contributed by atoms with van der Waals surface area (Å²) in [5.74, 6) is -6.60. The van der Waals surface area contributed by atoms with Crippen LogP contribution in [0.15, 0.2) is 0 Å². The van der Waals surface area contributed by atoms with Crippen LogP contribution in [0.25, 0.3) is 0 Å². The Morgan fingerprint density at radius 2 is 1.37 bits per heavy atom. The van der Waals surface area contributed by atoms with E-state index in [0.717, 1.165) is 0 Å². The Morgan fingerprint density at radius 1 is 0.833 bits per heavy atom. The molecule has 0 aromatic carbocycles. The fourth-order valence-electron chi connectivity index (χ4n) is 2.28. The summed E-state index contributed by atoms with van der Waals surface area (Å²) < 4.78 is 0. The second-order valence-electron chi connectivity index (χ2n) is 7.08. The van der Waals surface area contributed by atoms with Crippen molar-refractivity contribution in [2.24, 2.45) is 17.4 Å². The fraction of sp³-hybridized carbons (Fsp3) is 0.647. The number of amides is 4. The van der Waals surface area contributed by atoms with E-state index in [4.69, 9.17) is 21.7 Å². The first kappa shape index (κ1) is 26.8. The molecule has 0 saturated heterocycles. The first-order valence-electron chi connectivity index (χ1n) is 9.15. The molecule has 0 rings (SSSR count). The smallest absolute Gasteiger partial charge is 0.326 e. The Balaban J connectivity index is 5.47. The zero-order chi connectivity index (χ0) is 23.6. The van der Waals surface area contributed by atoms with Gasteiger partial charge in [0.2, 0.25) is 23.6 Å². The zero-order valence-electron chi connectivity index (χ0n) is 17.0. The van der Waals surface area contributed by atoms with Crippen LogP contribution in [0, 0.1) is 5.92 Å². The Bertz CT molecular complexity index is 679. The van der Waals surface area contributed by atoms with Crippen molar-refractivity contribution in [1.82, 2.24) is 16.0 Å². The van der Waals surface area contributed by atoms with Crippen LogP contribution in [-0.4, -0.2) is 69.9 Å². The molecule has 4 unspecified atom stereocenters. The Hall–Kier alpha value is -3.22. The SMILES string of the molecule is CC(N)C(=O)NC(C(=O)NC(CCC(N)=O)C(=O)NC(CC(=O)O)C(=O)O)C(C)C. The number of nitrogens with two attached hydrogens (primary N) is 2. The van der Waals surface area contributed by atoms with Gasteiger partial charge in [-0.05, 0) is 19.3 Å². The Labute approximate surface area is 172 Å². The average Bonchev–Trinajstić information content (AvgIpc) is 2.60. The van der Waals surface area contributed by atoms with Gasteiger partial charge in [-0.3, -0.25) is 24.0 Å². The number of hydrogen-bond acceptors (Lipinski definition) is 7. The molecule has 0 aliphatic rings. The van der Waals surface area contributed by atoms with Crippen molar-refractivity contribution in [2.45, 2.75) is 64.2 Å². The highest BCUT2D eigenvalue weighted by molar-refractivity contribution is 5.94. The maximum absolute atomic E-state index is 12.6. The van der Waals surface area contributed by atoms with Crippen molar-refractivity contribution in [1.29, 1.82) is 0 Å². The van der Waals surface area contributed by atoms with Gasteiger partial charge in [-0.15, -0.1) is 0 Å². The maximum atomic E-state index is 12.6. The number of nitrogens with one attached hydrogen (secondary N) is 3. The summed E-state index contributed by atoms with van der Waals surface area (Å²) in [6.07, 6.45) is -1.47. The summed E-state index contributed by atoms with van der Waals surface area (Å²) in [5, 5.41) is 24.6. The van der Waals surface area contributed by atoms with Crippen molar-refractivity contribution >= 4 is 35.6 Å². The molecule has 0 aromatic rings. The van der Waals surface area contributed by atoms with Gasteiger partial charge in [-0.25, -0.2) is 4.79 Å². The number of hydrogen-bond donors (Lipinski definition) is 7. The van der Waals surface area contributed by atoms with E-state index in [-0.39, 0.29) is 12.8 Å². The van der Waals surface area contributed by atoms with Gasteiger partial charge in [0.25, 0.3) is 0 Å². The molecule has 0 radical (unpaired) electrons. The normalized spacial score (nSPS) is 14.7. The van der Waals surface area contributed by atoms with E-state index in [0.29, 0.717) is 0 Å². The highest BCUT2D eigenvalue weighted by atomic mass is 16.4. The minimum absolute atomic E-state index is 0.266. The highest BCUT2D eigenvalue weighted by Gasteiger charge is 2.32. The van der Waals surface area contributed by atoms with Crippen molar-refractivity contribution in [3.8, 4) is 0 Å². The number of carbonyl (C=O) groups is 6. The van der Waals surface area contributed by atoms with Gasteiger partial charge >= 0.3 is 11.9 Å². The largest absolute Gasteiger partial charge is 0.481 e. The molecule has 9 N–H and O–H groups in total. The van der Waals surface area contributed by atoms with Crippen LogP contribution in [0.5, 0.6) is 0 Å². The van der Waals surface area contributed by atoms with Crippen LogP contribution in [-0.2, 0) is 28.8 Å². The second-order valence-corrected chi connectivity index (χ2v) is 7.08. The summed E-state index contributed by atoms with van der Waals surface area (Å²) >= 11 is 0. The number of aliphatic carboxylic acids is 2. The molecule has 0 aliphatic heterocycles. The lowest BCUT2D eigenvalue weighted by molar-refractivity contribution is -0.147. The molecular weight excluding hydrogens is 402 g/mol. The highest BCUT2D eigenvalue weighted by Crippen LogP contribution is 2.06. The summed E-state index contributed by atoms with van der Waals surface area (Å²) in [7, 11) is 0. The fourth-order valence-corrected chi connectivity index (χ4v) is 2.28. The van der Waals surface area contributed by atoms with E-state index in [1.54, 1.807) is 13.8 Å². The molecule has 4 atom stereocenters. The van der Waals surface area contributed by atoms with Crippen LogP contribution >= 0.6 is 0 Å². The molecule has 0 bridgehead atoms. The molecular formula is C17H29N5O8. The molecule has 0 saturated carbocycles. The van der Waals surface area contributed by atoms with Gasteiger partial charge < -0.3 is 37.6 Å². The third kappa shape index (κ3) is 9.82. The lowest BCUT2D eigenvalue weighted by Gasteiger charge is -2.26. The number of rotatable bonds is 13. The average molecular weight is 431 g/mol. The lowest BCUT2D eigenvalue weighted by Crippen LogP contribution is -2.58. The summed E-state index contributed by atoms with van der Waals surface area (Å²) in [6.45, 7) is 4.69. The first-order valence-corrected chi connectivity index (χ1v) is 9.15.